The van der Waals surface area contributed by atoms with Gasteiger partial charge in [-0.1, -0.05) is 6.42 Å². The zero-order valence-electron chi connectivity index (χ0n) is 26.7. The van der Waals surface area contributed by atoms with Crippen molar-refractivity contribution in [2.24, 2.45) is 0 Å². The normalized spacial score (nSPS) is 17.9. The molecular formula is C32H46FN7O6. The average Bonchev–Trinajstić information content (AvgIpc) is 3.10. The Morgan fingerprint density at radius 3 is 1.59 bits per heavy atom. The van der Waals surface area contributed by atoms with E-state index in [4.69, 9.17) is 14.7 Å². The summed E-state index contributed by atoms with van der Waals surface area (Å²) >= 11 is 0. The number of nitro benzene ring substituents is 2. The van der Waals surface area contributed by atoms with Crippen LogP contribution >= 0.6 is 0 Å². The third kappa shape index (κ3) is 11.7. The van der Waals surface area contributed by atoms with Gasteiger partial charge in [0.25, 0.3) is 5.69 Å². The van der Waals surface area contributed by atoms with E-state index in [9.17, 15) is 24.6 Å². The first-order valence-electron chi connectivity index (χ1n) is 16.0. The molecule has 1 N–H and O–H groups in total. The minimum atomic E-state index is -0.797. The number of anilines is 3. The van der Waals surface area contributed by atoms with Crippen LogP contribution in [0.15, 0.2) is 36.4 Å². The largest absolute Gasteiger partial charge is 0.378 e. The fraction of sp³-hybridized carbons (Fsp3) is 0.594. The van der Waals surface area contributed by atoms with Gasteiger partial charge in [0.2, 0.25) is 5.82 Å². The van der Waals surface area contributed by atoms with Gasteiger partial charge in [0, 0.05) is 75.8 Å². The molecule has 0 aromatic heterocycles. The Hall–Kier alpha value is -4.06. The van der Waals surface area contributed by atoms with Crippen molar-refractivity contribution in [3.05, 3.63) is 62.4 Å². The number of benzene rings is 2. The van der Waals surface area contributed by atoms with Crippen LogP contribution in [0, 0.1) is 37.4 Å². The molecule has 0 unspecified atom stereocenters. The Balaban J connectivity index is 0.000000202. The van der Waals surface area contributed by atoms with Gasteiger partial charge in [-0.3, -0.25) is 20.2 Å². The van der Waals surface area contributed by atoms with Crippen molar-refractivity contribution in [1.29, 1.82) is 5.26 Å². The maximum atomic E-state index is 13.4. The molecule has 2 aromatic carbocycles. The highest BCUT2D eigenvalue weighted by atomic mass is 19.1. The van der Waals surface area contributed by atoms with E-state index < -0.39 is 16.4 Å². The molecule has 13 nitrogen and oxygen atoms in total. The first kappa shape index (κ1) is 36.4. The summed E-state index contributed by atoms with van der Waals surface area (Å²) in [5.74, 6) is -0.797. The van der Waals surface area contributed by atoms with E-state index in [-0.39, 0.29) is 10.6 Å². The van der Waals surface area contributed by atoms with Gasteiger partial charge in [-0.2, -0.15) is 9.65 Å². The van der Waals surface area contributed by atoms with Crippen molar-refractivity contribution in [1.82, 2.24) is 5.32 Å². The van der Waals surface area contributed by atoms with Gasteiger partial charge in [0.15, 0.2) is 0 Å². The second-order valence-electron chi connectivity index (χ2n) is 11.1. The van der Waals surface area contributed by atoms with Gasteiger partial charge < -0.3 is 29.5 Å². The van der Waals surface area contributed by atoms with Crippen molar-refractivity contribution >= 4 is 28.4 Å². The SMILES string of the molecule is C1CCNCC1.CC#N.O=[N+]([O-])c1ccc(N2CCOCC2)cc1F.O=[N+]([O-])c1ccc(N2CCOCC2)cc1N1CCCCC1. The minimum absolute atomic E-state index is 0.217. The number of piperidine rings is 2. The molecule has 46 heavy (non-hydrogen) atoms. The molecule has 0 amide bonds. The molecule has 0 atom stereocenters. The molecule has 4 aliphatic rings. The Labute approximate surface area is 270 Å². The topological polar surface area (TPSA) is 150 Å². The maximum absolute atomic E-state index is 13.4. The van der Waals surface area contributed by atoms with Crippen LogP contribution in [0.1, 0.15) is 45.4 Å². The summed E-state index contributed by atoms with van der Waals surface area (Å²) in [5.41, 5.74) is 2.21. The van der Waals surface area contributed by atoms with E-state index in [2.05, 4.69) is 15.1 Å². The molecule has 0 bridgehead atoms. The molecule has 0 aliphatic carbocycles. The Bertz CT molecular complexity index is 1260. The van der Waals surface area contributed by atoms with Crippen molar-refractivity contribution < 1.29 is 23.7 Å². The van der Waals surface area contributed by atoms with Crippen LogP contribution in [0.4, 0.5) is 32.8 Å². The minimum Gasteiger partial charge on any atom is -0.378 e. The monoisotopic (exact) mass is 643 g/mol. The van der Waals surface area contributed by atoms with Crippen LogP contribution in [0.2, 0.25) is 0 Å². The highest BCUT2D eigenvalue weighted by molar-refractivity contribution is 5.70. The quantitative estimate of drug-likeness (QED) is 0.335. The van der Waals surface area contributed by atoms with Crippen molar-refractivity contribution in [2.45, 2.75) is 45.4 Å². The first-order valence-corrected chi connectivity index (χ1v) is 16.0. The Kier molecular flexibility index (Phi) is 15.9. The summed E-state index contributed by atoms with van der Waals surface area (Å²) < 4.78 is 23.9. The van der Waals surface area contributed by atoms with Gasteiger partial charge in [-0.25, -0.2) is 0 Å². The van der Waals surface area contributed by atoms with Gasteiger partial charge >= 0.3 is 5.69 Å². The molecule has 4 saturated heterocycles. The number of halogens is 1. The third-order valence-corrected chi connectivity index (χ3v) is 7.94. The fourth-order valence-electron chi connectivity index (χ4n) is 5.54. The van der Waals surface area contributed by atoms with E-state index in [0.717, 1.165) is 63.6 Å². The Morgan fingerprint density at radius 2 is 1.17 bits per heavy atom. The predicted octanol–water partition coefficient (Wildman–Crippen LogP) is 5.28. The van der Waals surface area contributed by atoms with Gasteiger partial charge in [-0.05, 0) is 63.4 Å². The number of morpholine rings is 2. The van der Waals surface area contributed by atoms with Gasteiger partial charge in [0.05, 0.1) is 42.3 Å². The predicted molar refractivity (Wildman–Crippen MR) is 176 cm³/mol. The third-order valence-electron chi connectivity index (χ3n) is 7.94. The smallest absolute Gasteiger partial charge is 0.304 e. The van der Waals surface area contributed by atoms with Gasteiger partial charge in [0.1, 0.15) is 5.69 Å². The number of nitro groups is 2. The van der Waals surface area contributed by atoms with E-state index in [1.54, 1.807) is 18.2 Å². The molecule has 0 radical (unpaired) electrons. The molecule has 0 saturated carbocycles. The zero-order valence-corrected chi connectivity index (χ0v) is 26.7. The standard InChI is InChI=1S/C15H21N3O3.C10H11FN2O3.C5H11N.C2H3N/c19-18(20)14-5-4-13(16-8-10-21-11-9-16)12-15(14)17-6-2-1-3-7-17;11-9-7-8(1-2-10(9)13(14)15)12-3-5-16-6-4-12;1-2-4-6-5-3-1;1-2-3/h4-5,12H,1-3,6-11H2;1-2,7H,3-6H2;6H,1-5H2;1H3. The van der Waals surface area contributed by atoms with Crippen molar-refractivity contribution in [2.75, 3.05) is 93.5 Å². The highest BCUT2D eigenvalue weighted by Crippen LogP contribution is 2.34. The molecule has 4 aliphatic heterocycles. The summed E-state index contributed by atoms with van der Waals surface area (Å²) in [5, 5.41) is 32.3. The van der Waals surface area contributed by atoms with Crippen LogP contribution in [0.25, 0.3) is 0 Å². The van der Waals surface area contributed by atoms with Crippen molar-refractivity contribution in [3.8, 4) is 6.07 Å². The molecule has 4 heterocycles. The van der Waals surface area contributed by atoms with Crippen LogP contribution in [0.5, 0.6) is 0 Å². The van der Waals surface area contributed by atoms with Crippen LogP contribution in [-0.2, 0) is 9.47 Å². The lowest BCUT2D eigenvalue weighted by atomic mass is 10.1. The van der Waals surface area contributed by atoms with Crippen LogP contribution in [-0.4, -0.2) is 88.6 Å². The van der Waals surface area contributed by atoms with Crippen LogP contribution < -0.4 is 20.0 Å². The average molecular weight is 644 g/mol. The van der Waals surface area contributed by atoms with Gasteiger partial charge in [-0.15, -0.1) is 0 Å². The maximum Gasteiger partial charge on any atom is 0.304 e. The number of nitriles is 1. The summed E-state index contributed by atoms with van der Waals surface area (Å²) in [6.07, 6.45) is 7.65. The van der Waals surface area contributed by atoms with Crippen molar-refractivity contribution in [3.63, 3.8) is 0 Å². The highest BCUT2D eigenvalue weighted by Gasteiger charge is 2.23. The number of nitrogens with one attached hydrogen (secondary N) is 1. The summed E-state index contributed by atoms with van der Waals surface area (Å²) in [6.45, 7) is 11.4. The number of ether oxygens (including phenoxy) is 2. The number of rotatable bonds is 5. The lowest BCUT2D eigenvalue weighted by Gasteiger charge is -2.32. The lowest BCUT2D eigenvalue weighted by Crippen LogP contribution is -2.36. The molecule has 252 valence electrons. The molecule has 6 rings (SSSR count). The molecule has 0 spiro atoms. The first-order chi connectivity index (χ1) is 22.3. The summed E-state index contributed by atoms with van der Waals surface area (Å²) in [4.78, 5) is 27.1. The molecule has 2 aromatic rings. The van der Waals surface area contributed by atoms with E-state index in [1.807, 2.05) is 17.0 Å². The second-order valence-corrected chi connectivity index (χ2v) is 11.1. The molecular weight excluding hydrogens is 597 g/mol. The van der Waals surface area contributed by atoms with E-state index in [1.165, 1.54) is 57.8 Å². The summed E-state index contributed by atoms with van der Waals surface area (Å²) in [7, 11) is 0. The molecule has 4 fully saturated rings. The number of hydrogen-bond donors (Lipinski definition) is 1. The number of hydrogen-bond acceptors (Lipinski definition) is 11. The summed E-state index contributed by atoms with van der Waals surface area (Å²) in [6, 6.07) is 11.2. The molecule has 14 heteroatoms. The lowest BCUT2D eigenvalue weighted by molar-refractivity contribution is -0.387. The van der Waals surface area contributed by atoms with E-state index >= 15 is 0 Å². The zero-order chi connectivity index (χ0) is 33.1. The van der Waals surface area contributed by atoms with E-state index in [0.29, 0.717) is 32.0 Å². The Morgan fingerprint density at radius 1 is 0.717 bits per heavy atom. The second kappa shape index (κ2) is 20.1. The van der Waals surface area contributed by atoms with Crippen LogP contribution in [0.3, 0.4) is 0 Å². The number of nitrogens with zero attached hydrogens (tertiary/aromatic N) is 6. The fourth-order valence-corrected chi connectivity index (χ4v) is 5.54.